The minimum absolute atomic E-state index is 0.0970. The zero-order valence-electron chi connectivity index (χ0n) is 12.8. The predicted molar refractivity (Wildman–Crippen MR) is 81.7 cm³/mol. The number of imide groups is 1. The highest BCUT2D eigenvalue weighted by Gasteiger charge is 2.55. The summed E-state index contributed by atoms with van der Waals surface area (Å²) in [5.74, 6) is -0.858. The fraction of sp³-hybridized carbons (Fsp3) is 0.444. The molecule has 1 fully saturated rings. The highest BCUT2D eigenvalue weighted by molar-refractivity contribution is 6.09. The Bertz CT molecular complexity index is 743. The highest BCUT2D eigenvalue weighted by atomic mass is 16.2. The van der Waals surface area contributed by atoms with E-state index in [1.54, 1.807) is 0 Å². The van der Waals surface area contributed by atoms with E-state index in [-0.39, 0.29) is 31.2 Å². The minimum atomic E-state index is -0.733. The van der Waals surface area contributed by atoms with Crippen LogP contribution < -0.4 is 0 Å². The van der Waals surface area contributed by atoms with Gasteiger partial charge in [0.25, 0.3) is 0 Å². The number of nitrogens with zero attached hydrogens (tertiary/aromatic N) is 3. The highest BCUT2D eigenvalue weighted by Crippen LogP contribution is 2.46. The first-order valence-electron chi connectivity index (χ1n) is 7.82. The molecular weight excluding hydrogens is 290 g/mol. The summed E-state index contributed by atoms with van der Waals surface area (Å²) in [5.41, 5.74) is 1.37. The molecule has 1 heterocycles. The Morgan fingerprint density at radius 3 is 2.78 bits per heavy atom. The molecule has 1 spiro atoms. The molecule has 2 atom stereocenters. The predicted octanol–water partition coefficient (Wildman–Crippen LogP) is 2.07. The van der Waals surface area contributed by atoms with Gasteiger partial charge in [0.05, 0.1) is 23.5 Å². The van der Waals surface area contributed by atoms with E-state index < -0.39 is 11.3 Å². The summed E-state index contributed by atoms with van der Waals surface area (Å²) in [5, 5.41) is 17.8. The number of benzene rings is 1. The second kappa shape index (κ2) is 5.85. The van der Waals surface area contributed by atoms with Gasteiger partial charge in [-0.25, -0.2) is 0 Å². The van der Waals surface area contributed by atoms with E-state index in [0.29, 0.717) is 12.8 Å². The molecule has 1 aliphatic heterocycles. The third-order valence-electron chi connectivity index (χ3n) is 4.95. The van der Waals surface area contributed by atoms with Crippen molar-refractivity contribution in [1.82, 2.24) is 4.90 Å². The number of rotatable bonds is 4. The Balaban J connectivity index is 1.85. The van der Waals surface area contributed by atoms with Gasteiger partial charge in [-0.05, 0) is 30.4 Å². The van der Waals surface area contributed by atoms with Gasteiger partial charge in [-0.15, -0.1) is 0 Å². The van der Waals surface area contributed by atoms with Crippen molar-refractivity contribution < 1.29 is 9.59 Å². The first kappa shape index (κ1) is 15.2. The van der Waals surface area contributed by atoms with Gasteiger partial charge in [0.15, 0.2) is 0 Å². The topological polar surface area (TPSA) is 85.0 Å². The Kier molecular flexibility index (Phi) is 3.88. The number of aryl methyl sites for hydroxylation is 1. The Morgan fingerprint density at radius 1 is 1.26 bits per heavy atom. The summed E-state index contributed by atoms with van der Waals surface area (Å²) in [6.45, 7) is 0.0970. The van der Waals surface area contributed by atoms with Gasteiger partial charge in [0.2, 0.25) is 11.8 Å². The zero-order chi connectivity index (χ0) is 16.4. The van der Waals surface area contributed by atoms with E-state index in [0.717, 1.165) is 17.5 Å². The van der Waals surface area contributed by atoms with Crippen LogP contribution in [0, 0.1) is 28.6 Å². The number of hydrogen-bond acceptors (Lipinski definition) is 4. The SMILES string of the molecule is N#CCC[C@H](C#N)CN1C(=O)C[C@]2(CCc3ccccc32)C1=O. The van der Waals surface area contributed by atoms with Crippen LogP contribution in [0.4, 0.5) is 0 Å². The van der Waals surface area contributed by atoms with Crippen LogP contribution in [-0.4, -0.2) is 23.3 Å². The first-order valence-corrected chi connectivity index (χ1v) is 7.82. The summed E-state index contributed by atoms with van der Waals surface area (Å²) in [6.07, 6.45) is 2.29. The third kappa shape index (κ3) is 2.39. The molecule has 2 aliphatic rings. The van der Waals surface area contributed by atoms with E-state index in [4.69, 9.17) is 5.26 Å². The maximum Gasteiger partial charge on any atom is 0.240 e. The summed E-state index contributed by atoms with van der Waals surface area (Å²) in [4.78, 5) is 26.6. The maximum atomic E-state index is 13.0. The largest absolute Gasteiger partial charge is 0.280 e. The van der Waals surface area contributed by atoms with Gasteiger partial charge in [0, 0.05) is 19.4 Å². The maximum absolute atomic E-state index is 13.0. The average molecular weight is 307 g/mol. The number of carbonyl (C=O) groups is 2. The Morgan fingerprint density at radius 2 is 2.04 bits per heavy atom. The van der Waals surface area contributed by atoms with Crippen molar-refractivity contribution in [3.05, 3.63) is 35.4 Å². The monoisotopic (exact) mass is 307 g/mol. The van der Waals surface area contributed by atoms with Gasteiger partial charge in [0.1, 0.15) is 0 Å². The molecule has 1 aliphatic carbocycles. The standard InChI is InChI=1S/C18H17N3O2/c19-9-3-4-13(11-20)12-21-16(22)10-18(17(21)23)8-7-14-5-1-2-6-15(14)18/h1-2,5-6,13H,3-4,7-8,10,12H2/t13-,18+/m1/s1. The molecular formula is C18H17N3O2. The van der Waals surface area contributed by atoms with E-state index in [1.165, 1.54) is 4.90 Å². The minimum Gasteiger partial charge on any atom is -0.280 e. The quantitative estimate of drug-likeness (QED) is 0.797. The summed E-state index contributed by atoms with van der Waals surface area (Å²) in [7, 11) is 0. The van der Waals surface area contributed by atoms with Gasteiger partial charge < -0.3 is 0 Å². The molecule has 1 aromatic rings. The Labute approximate surface area is 135 Å². The van der Waals surface area contributed by atoms with E-state index in [1.807, 2.05) is 30.3 Å². The molecule has 23 heavy (non-hydrogen) atoms. The van der Waals surface area contributed by atoms with Crippen molar-refractivity contribution in [1.29, 1.82) is 10.5 Å². The van der Waals surface area contributed by atoms with Crippen LogP contribution in [0.5, 0.6) is 0 Å². The van der Waals surface area contributed by atoms with Crippen molar-refractivity contribution in [3.63, 3.8) is 0 Å². The van der Waals surface area contributed by atoms with Crippen molar-refractivity contribution in [2.24, 2.45) is 5.92 Å². The summed E-state index contributed by atoms with van der Waals surface area (Å²) in [6, 6.07) is 11.9. The lowest BCUT2D eigenvalue weighted by atomic mass is 9.80. The molecule has 2 amide bonds. The number of likely N-dealkylation sites (tertiary alicyclic amines) is 1. The van der Waals surface area contributed by atoms with E-state index in [2.05, 4.69) is 6.07 Å². The Hall–Kier alpha value is -2.66. The third-order valence-corrected chi connectivity index (χ3v) is 4.95. The number of hydrogen-bond donors (Lipinski definition) is 0. The van der Waals surface area contributed by atoms with Crippen molar-refractivity contribution in [3.8, 4) is 12.1 Å². The fourth-order valence-electron chi connectivity index (χ4n) is 3.74. The van der Waals surface area contributed by atoms with Crippen LogP contribution in [0.15, 0.2) is 24.3 Å². The lowest BCUT2D eigenvalue weighted by Crippen LogP contribution is -2.39. The molecule has 5 nitrogen and oxygen atoms in total. The van der Waals surface area contributed by atoms with Crippen LogP contribution in [-0.2, 0) is 21.4 Å². The van der Waals surface area contributed by atoms with Crippen LogP contribution in [0.1, 0.15) is 36.8 Å². The van der Waals surface area contributed by atoms with Crippen molar-refractivity contribution in [2.75, 3.05) is 6.54 Å². The number of amides is 2. The second-order valence-electron chi connectivity index (χ2n) is 6.25. The molecule has 1 saturated heterocycles. The van der Waals surface area contributed by atoms with Crippen LogP contribution >= 0.6 is 0 Å². The summed E-state index contributed by atoms with van der Waals surface area (Å²) >= 11 is 0. The second-order valence-corrected chi connectivity index (χ2v) is 6.25. The summed E-state index contributed by atoms with van der Waals surface area (Å²) < 4.78 is 0. The fourth-order valence-corrected chi connectivity index (χ4v) is 3.74. The van der Waals surface area contributed by atoms with E-state index in [9.17, 15) is 14.9 Å². The molecule has 116 valence electrons. The van der Waals surface area contributed by atoms with Crippen LogP contribution in [0.2, 0.25) is 0 Å². The van der Waals surface area contributed by atoms with Crippen molar-refractivity contribution in [2.45, 2.75) is 37.5 Å². The van der Waals surface area contributed by atoms with Gasteiger partial charge in [-0.2, -0.15) is 10.5 Å². The lowest BCUT2D eigenvalue weighted by molar-refractivity contribution is -0.140. The molecule has 0 bridgehead atoms. The zero-order valence-corrected chi connectivity index (χ0v) is 12.8. The molecule has 1 aromatic carbocycles. The van der Waals surface area contributed by atoms with E-state index >= 15 is 0 Å². The number of nitriles is 2. The molecule has 0 saturated carbocycles. The first-order chi connectivity index (χ1) is 11.1. The molecule has 0 radical (unpaired) electrons. The smallest absolute Gasteiger partial charge is 0.240 e. The van der Waals surface area contributed by atoms with Gasteiger partial charge in [-0.3, -0.25) is 14.5 Å². The molecule has 0 unspecified atom stereocenters. The number of fused-ring (bicyclic) bond motifs is 2. The molecule has 0 N–H and O–H groups in total. The molecule has 3 rings (SSSR count). The number of carbonyl (C=O) groups excluding carboxylic acids is 2. The average Bonchev–Trinajstić information content (AvgIpc) is 3.05. The van der Waals surface area contributed by atoms with Crippen LogP contribution in [0.3, 0.4) is 0 Å². The molecule has 0 aromatic heterocycles. The normalized spacial score (nSPS) is 23.7. The molecule has 5 heteroatoms. The van der Waals surface area contributed by atoms with Crippen molar-refractivity contribution >= 4 is 11.8 Å². The van der Waals surface area contributed by atoms with Gasteiger partial charge >= 0.3 is 0 Å². The van der Waals surface area contributed by atoms with Gasteiger partial charge in [-0.1, -0.05) is 24.3 Å². The van der Waals surface area contributed by atoms with Crippen LogP contribution in [0.25, 0.3) is 0 Å². The lowest BCUT2D eigenvalue weighted by Gasteiger charge is -2.23.